The van der Waals surface area contributed by atoms with Gasteiger partial charge in [0.2, 0.25) is 0 Å². The number of hydrogen-bond donors (Lipinski definition) is 0. The second-order valence-corrected chi connectivity index (χ2v) is 12.9. The quantitative estimate of drug-likeness (QED) is 0.198. The van der Waals surface area contributed by atoms with Gasteiger partial charge in [-0.2, -0.15) is 0 Å². The van der Waals surface area contributed by atoms with Crippen LogP contribution in [0.5, 0.6) is 0 Å². The maximum atomic E-state index is 12.2. The number of unbranched alkanes of at least 4 members (excludes halogenated alkanes) is 1. The van der Waals surface area contributed by atoms with Crippen LogP contribution < -0.4 is 0 Å². The Morgan fingerprint density at radius 3 is 2.73 bits per heavy atom. The van der Waals surface area contributed by atoms with Crippen LogP contribution in [0.3, 0.4) is 0 Å². The molecule has 186 valence electrons. The average Bonchev–Trinajstić information content (AvgIpc) is 3.11. The molecule has 0 bridgehead atoms. The third-order valence-electron chi connectivity index (χ3n) is 10.7. The number of esters is 1. The van der Waals surface area contributed by atoms with E-state index >= 15 is 0 Å². The summed E-state index contributed by atoms with van der Waals surface area (Å²) in [5.74, 6) is 4.41. The van der Waals surface area contributed by atoms with Crippen molar-refractivity contribution in [1.82, 2.24) is 0 Å². The van der Waals surface area contributed by atoms with Gasteiger partial charge in [-0.1, -0.05) is 64.7 Å². The van der Waals surface area contributed by atoms with Gasteiger partial charge in [0.05, 0.1) is 0 Å². The molecule has 0 aromatic heterocycles. The van der Waals surface area contributed by atoms with Gasteiger partial charge in [-0.05, 0) is 98.2 Å². The second kappa shape index (κ2) is 10.3. The third kappa shape index (κ3) is 5.01. The van der Waals surface area contributed by atoms with E-state index in [9.17, 15) is 4.79 Å². The third-order valence-corrected chi connectivity index (χ3v) is 10.7. The molecule has 0 amide bonds. The molecule has 3 saturated carbocycles. The molecule has 0 spiro atoms. The van der Waals surface area contributed by atoms with Crippen molar-refractivity contribution < 1.29 is 9.53 Å². The summed E-state index contributed by atoms with van der Waals surface area (Å²) in [4.78, 5) is 12.2. The molecule has 0 aromatic carbocycles. The summed E-state index contributed by atoms with van der Waals surface area (Å²) in [6.07, 6.45) is 21.7. The van der Waals surface area contributed by atoms with E-state index in [0.717, 1.165) is 42.4 Å². The summed E-state index contributed by atoms with van der Waals surface area (Å²) >= 11 is 0. The molecule has 4 aliphatic rings. The summed E-state index contributed by atoms with van der Waals surface area (Å²) in [6, 6.07) is 0. The van der Waals surface area contributed by atoms with E-state index in [1.807, 2.05) is 0 Å². The molecule has 0 N–H and O–H groups in total. The topological polar surface area (TPSA) is 26.3 Å². The van der Waals surface area contributed by atoms with Crippen LogP contribution >= 0.6 is 0 Å². The number of allylic oxidation sites excluding steroid dienone is 2. The highest BCUT2D eigenvalue weighted by Gasteiger charge is 2.58. The Morgan fingerprint density at radius 1 is 1.15 bits per heavy atom. The highest BCUT2D eigenvalue weighted by molar-refractivity contribution is 5.69. The van der Waals surface area contributed by atoms with Gasteiger partial charge in [0.15, 0.2) is 0 Å². The van der Waals surface area contributed by atoms with Crippen molar-refractivity contribution >= 4 is 5.97 Å². The first-order chi connectivity index (χ1) is 15.8. The minimum atomic E-state index is -0.0448. The highest BCUT2D eigenvalue weighted by Crippen LogP contribution is 2.66. The van der Waals surface area contributed by atoms with Gasteiger partial charge in [-0.25, -0.2) is 0 Å². The predicted molar refractivity (Wildman–Crippen MR) is 138 cm³/mol. The standard InChI is InChI=1S/C31H50O2/c1-6-7-12-29(32)33-25-17-19-31(5)24(21-25)13-15-26-27-16-14-23(11-9-8-10-22(2)3)30(27,4)20-18-28(26)31/h6,13,22-23,25-28H,1,7-12,14-21H2,2-5H3. The average molecular weight is 455 g/mol. The van der Waals surface area contributed by atoms with E-state index in [0.29, 0.717) is 23.7 Å². The smallest absolute Gasteiger partial charge is 0.306 e. The first kappa shape index (κ1) is 25.1. The van der Waals surface area contributed by atoms with E-state index < -0.39 is 0 Å². The van der Waals surface area contributed by atoms with E-state index in [1.54, 1.807) is 11.6 Å². The van der Waals surface area contributed by atoms with Gasteiger partial charge in [-0.3, -0.25) is 4.79 Å². The molecule has 0 aromatic rings. The lowest BCUT2D eigenvalue weighted by molar-refractivity contribution is -0.151. The fraction of sp³-hybridized carbons (Fsp3) is 0.839. The monoisotopic (exact) mass is 454 g/mol. The molecule has 0 heterocycles. The Balaban J connectivity index is 1.39. The maximum Gasteiger partial charge on any atom is 0.306 e. The van der Waals surface area contributed by atoms with E-state index in [1.165, 1.54) is 64.2 Å². The molecule has 33 heavy (non-hydrogen) atoms. The van der Waals surface area contributed by atoms with E-state index in [2.05, 4.69) is 40.3 Å². The minimum Gasteiger partial charge on any atom is -0.462 e. The summed E-state index contributed by atoms with van der Waals surface area (Å²) in [5.41, 5.74) is 2.53. The van der Waals surface area contributed by atoms with Gasteiger partial charge in [0.25, 0.3) is 0 Å². The Kier molecular flexibility index (Phi) is 7.81. The number of carbonyl (C=O) groups is 1. The van der Waals surface area contributed by atoms with Crippen LogP contribution in [0.15, 0.2) is 24.3 Å². The first-order valence-corrected chi connectivity index (χ1v) is 14.3. The SMILES string of the molecule is C=CCCC(=O)OC1CCC2(C)C(=CCC3C2CCC2(C)C(CCCCC(C)C)CCC32)C1. The Labute approximate surface area is 204 Å². The van der Waals surface area contributed by atoms with Crippen LogP contribution in [-0.4, -0.2) is 12.1 Å². The van der Waals surface area contributed by atoms with Crippen LogP contribution in [-0.2, 0) is 9.53 Å². The Bertz CT molecular complexity index is 735. The fourth-order valence-electron chi connectivity index (χ4n) is 8.72. The molecular formula is C31H50O2. The number of ether oxygens (including phenoxy) is 1. The molecule has 0 aliphatic heterocycles. The second-order valence-electron chi connectivity index (χ2n) is 12.9. The van der Waals surface area contributed by atoms with Gasteiger partial charge >= 0.3 is 5.97 Å². The minimum absolute atomic E-state index is 0.0448. The normalized spacial score (nSPS) is 39.9. The molecule has 0 saturated heterocycles. The summed E-state index contributed by atoms with van der Waals surface area (Å²) in [7, 11) is 0. The molecule has 0 radical (unpaired) electrons. The molecule has 7 unspecified atom stereocenters. The van der Waals surface area contributed by atoms with Crippen molar-refractivity contribution in [2.45, 2.75) is 124 Å². The number of fused-ring (bicyclic) bond motifs is 5. The molecule has 3 fully saturated rings. The van der Waals surface area contributed by atoms with E-state index in [4.69, 9.17) is 4.74 Å². The molecule has 7 atom stereocenters. The zero-order valence-electron chi connectivity index (χ0n) is 22.0. The highest BCUT2D eigenvalue weighted by atomic mass is 16.5. The lowest BCUT2D eigenvalue weighted by atomic mass is 9.47. The molecule has 4 aliphatic carbocycles. The van der Waals surface area contributed by atoms with Crippen LogP contribution in [0.4, 0.5) is 0 Å². The van der Waals surface area contributed by atoms with Gasteiger partial charge in [0.1, 0.15) is 6.10 Å². The molecule has 4 rings (SSSR count). The molecular weight excluding hydrogens is 404 g/mol. The van der Waals surface area contributed by atoms with Gasteiger partial charge < -0.3 is 4.74 Å². The Hall–Kier alpha value is -1.05. The van der Waals surface area contributed by atoms with E-state index in [-0.39, 0.29) is 12.1 Å². The molecule has 2 nitrogen and oxygen atoms in total. The van der Waals surface area contributed by atoms with Gasteiger partial charge in [-0.15, -0.1) is 6.58 Å². The van der Waals surface area contributed by atoms with Crippen LogP contribution in [0.2, 0.25) is 0 Å². The van der Waals surface area contributed by atoms with Crippen molar-refractivity contribution in [3.63, 3.8) is 0 Å². The first-order valence-electron chi connectivity index (χ1n) is 14.3. The zero-order valence-corrected chi connectivity index (χ0v) is 22.0. The van der Waals surface area contributed by atoms with Crippen molar-refractivity contribution in [3.8, 4) is 0 Å². The summed E-state index contributed by atoms with van der Waals surface area (Å²) in [6.45, 7) is 13.7. The zero-order chi connectivity index (χ0) is 23.6. The maximum absolute atomic E-state index is 12.2. The van der Waals surface area contributed by atoms with Crippen LogP contribution in [0, 0.1) is 40.4 Å². The van der Waals surface area contributed by atoms with Crippen LogP contribution in [0.1, 0.15) is 118 Å². The van der Waals surface area contributed by atoms with Crippen molar-refractivity contribution in [2.75, 3.05) is 0 Å². The van der Waals surface area contributed by atoms with Crippen molar-refractivity contribution in [3.05, 3.63) is 24.3 Å². The number of rotatable bonds is 9. The summed E-state index contributed by atoms with van der Waals surface area (Å²) in [5, 5.41) is 0. The van der Waals surface area contributed by atoms with Crippen molar-refractivity contribution in [2.24, 2.45) is 40.4 Å². The van der Waals surface area contributed by atoms with Crippen LogP contribution in [0.25, 0.3) is 0 Å². The lowest BCUT2D eigenvalue weighted by Crippen LogP contribution is -2.50. The summed E-state index contributed by atoms with van der Waals surface area (Å²) < 4.78 is 5.86. The number of carbonyl (C=O) groups excluding carboxylic acids is 1. The van der Waals surface area contributed by atoms with Gasteiger partial charge in [0, 0.05) is 12.8 Å². The Morgan fingerprint density at radius 2 is 1.97 bits per heavy atom. The lowest BCUT2D eigenvalue weighted by Gasteiger charge is -2.58. The molecule has 2 heteroatoms. The number of hydrogen-bond acceptors (Lipinski definition) is 2. The predicted octanol–water partition coefficient (Wildman–Crippen LogP) is 8.66. The fourth-order valence-corrected chi connectivity index (χ4v) is 8.72. The largest absolute Gasteiger partial charge is 0.462 e. The van der Waals surface area contributed by atoms with Crippen molar-refractivity contribution in [1.29, 1.82) is 0 Å².